The van der Waals surface area contributed by atoms with Crippen LogP contribution in [0, 0.1) is 0 Å². The monoisotopic (exact) mass is 324 g/mol. The standard InChI is InChI=1S/C19H17ClN2O/c1-15(7-5-6-10-16-8-3-2-4-9-16)21-22-19(23)17-11-13-18(20)14-12-17/h2-14H,1H3,(H,22,23). The van der Waals surface area contributed by atoms with Crippen LogP contribution in [0.15, 0.2) is 77.9 Å². The van der Waals surface area contributed by atoms with Crippen molar-refractivity contribution in [3.05, 3.63) is 89.0 Å². The molecule has 1 N–H and O–H groups in total. The fourth-order valence-electron chi connectivity index (χ4n) is 1.77. The number of halogens is 1. The van der Waals surface area contributed by atoms with Gasteiger partial charge in [0.05, 0.1) is 5.71 Å². The lowest BCUT2D eigenvalue weighted by Crippen LogP contribution is -2.18. The van der Waals surface area contributed by atoms with Crippen LogP contribution in [0.5, 0.6) is 0 Å². The first kappa shape index (κ1) is 16.7. The molecule has 0 heterocycles. The van der Waals surface area contributed by atoms with Crippen molar-refractivity contribution in [2.75, 3.05) is 0 Å². The van der Waals surface area contributed by atoms with Gasteiger partial charge in [0.25, 0.3) is 5.91 Å². The Morgan fingerprint density at radius 2 is 1.74 bits per heavy atom. The molecule has 0 aliphatic heterocycles. The van der Waals surface area contributed by atoms with Gasteiger partial charge < -0.3 is 0 Å². The number of nitrogens with zero attached hydrogens (tertiary/aromatic N) is 1. The maximum atomic E-state index is 11.9. The van der Waals surface area contributed by atoms with Crippen LogP contribution in [-0.2, 0) is 0 Å². The largest absolute Gasteiger partial charge is 0.271 e. The Morgan fingerprint density at radius 3 is 2.43 bits per heavy atom. The third-order valence-corrected chi connectivity index (χ3v) is 3.23. The molecule has 0 fully saturated rings. The van der Waals surface area contributed by atoms with Crippen LogP contribution in [0.1, 0.15) is 22.8 Å². The number of nitrogens with one attached hydrogen (secondary N) is 1. The first-order valence-electron chi connectivity index (χ1n) is 7.15. The molecule has 0 unspecified atom stereocenters. The number of carbonyl (C=O) groups is 1. The number of hydrogen-bond acceptors (Lipinski definition) is 2. The molecule has 4 heteroatoms. The summed E-state index contributed by atoms with van der Waals surface area (Å²) in [5, 5.41) is 4.62. The van der Waals surface area contributed by atoms with E-state index < -0.39 is 0 Å². The second kappa shape index (κ2) is 8.71. The summed E-state index contributed by atoms with van der Waals surface area (Å²) in [5.74, 6) is -0.269. The molecule has 2 rings (SSSR count). The van der Waals surface area contributed by atoms with Crippen molar-refractivity contribution in [1.82, 2.24) is 5.43 Å². The molecule has 0 saturated heterocycles. The van der Waals surface area contributed by atoms with Crippen LogP contribution in [-0.4, -0.2) is 11.6 Å². The minimum atomic E-state index is -0.269. The zero-order valence-electron chi connectivity index (χ0n) is 12.7. The molecule has 0 saturated carbocycles. The Hall–Kier alpha value is -2.65. The first-order chi connectivity index (χ1) is 11.1. The van der Waals surface area contributed by atoms with Gasteiger partial charge >= 0.3 is 0 Å². The van der Waals surface area contributed by atoms with E-state index in [4.69, 9.17) is 11.6 Å². The van der Waals surface area contributed by atoms with Gasteiger partial charge in [0, 0.05) is 10.6 Å². The van der Waals surface area contributed by atoms with Gasteiger partial charge in [-0.1, -0.05) is 60.2 Å². The van der Waals surface area contributed by atoms with Crippen LogP contribution in [0.3, 0.4) is 0 Å². The van der Waals surface area contributed by atoms with Crippen molar-refractivity contribution in [1.29, 1.82) is 0 Å². The predicted octanol–water partition coefficient (Wildman–Crippen LogP) is 4.72. The zero-order valence-corrected chi connectivity index (χ0v) is 13.5. The summed E-state index contributed by atoms with van der Waals surface area (Å²) in [6, 6.07) is 16.7. The third kappa shape index (κ3) is 5.93. The normalized spacial score (nSPS) is 12.0. The van der Waals surface area contributed by atoms with Gasteiger partial charge in [-0.25, -0.2) is 5.43 Å². The molecule has 0 aliphatic rings. The smallest absolute Gasteiger partial charge is 0.267 e. The number of hydrogen-bond donors (Lipinski definition) is 1. The fourth-order valence-corrected chi connectivity index (χ4v) is 1.89. The van der Waals surface area contributed by atoms with Crippen LogP contribution in [0.2, 0.25) is 5.02 Å². The summed E-state index contributed by atoms with van der Waals surface area (Å²) in [6.45, 7) is 1.81. The molecule has 116 valence electrons. The minimum absolute atomic E-state index is 0.269. The Kier molecular flexibility index (Phi) is 6.33. The van der Waals surface area contributed by atoms with Crippen LogP contribution >= 0.6 is 11.6 Å². The van der Waals surface area contributed by atoms with E-state index in [2.05, 4.69) is 10.5 Å². The van der Waals surface area contributed by atoms with E-state index >= 15 is 0 Å². The Balaban J connectivity index is 1.87. The van der Waals surface area contributed by atoms with Gasteiger partial charge in [0.1, 0.15) is 0 Å². The quantitative estimate of drug-likeness (QED) is 0.483. The van der Waals surface area contributed by atoms with E-state index in [1.165, 1.54) is 0 Å². The molecule has 1 amide bonds. The Labute approximate surface area is 141 Å². The number of benzene rings is 2. The Morgan fingerprint density at radius 1 is 1.04 bits per heavy atom. The minimum Gasteiger partial charge on any atom is -0.267 e. The number of carbonyl (C=O) groups excluding carboxylic acids is 1. The third-order valence-electron chi connectivity index (χ3n) is 2.98. The molecule has 2 aromatic rings. The van der Waals surface area contributed by atoms with Crippen molar-refractivity contribution in [3.63, 3.8) is 0 Å². The van der Waals surface area contributed by atoms with Gasteiger partial charge in [-0.3, -0.25) is 4.79 Å². The summed E-state index contributed by atoms with van der Waals surface area (Å²) in [4.78, 5) is 11.9. The van der Waals surface area contributed by atoms with Gasteiger partial charge in [-0.2, -0.15) is 5.10 Å². The lowest BCUT2D eigenvalue weighted by molar-refractivity contribution is 0.0955. The topological polar surface area (TPSA) is 41.5 Å². The average molecular weight is 325 g/mol. The highest BCUT2D eigenvalue weighted by Crippen LogP contribution is 2.09. The van der Waals surface area contributed by atoms with Gasteiger partial charge in [-0.15, -0.1) is 0 Å². The number of hydrazone groups is 1. The molecule has 0 bridgehead atoms. The van der Waals surface area contributed by atoms with Crippen molar-refractivity contribution >= 4 is 29.3 Å². The molecule has 0 aliphatic carbocycles. The van der Waals surface area contributed by atoms with E-state index in [9.17, 15) is 4.79 Å². The number of rotatable bonds is 5. The maximum Gasteiger partial charge on any atom is 0.271 e. The highest BCUT2D eigenvalue weighted by molar-refractivity contribution is 6.30. The Bertz CT molecular complexity index is 732. The average Bonchev–Trinajstić information content (AvgIpc) is 2.58. The van der Waals surface area contributed by atoms with E-state index in [1.807, 2.05) is 61.6 Å². The number of allylic oxidation sites excluding steroid dienone is 3. The summed E-state index contributed by atoms with van der Waals surface area (Å²) >= 11 is 5.78. The van der Waals surface area contributed by atoms with Gasteiger partial charge in [-0.05, 0) is 42.8 Å². The molecule has 0 spiro atoms. The van der Waals surface area contributed by atoms with Crippen molar-refractivity contribution in [3.8, 4) is 0 Å². The molecule has 3 nitrogen and oxygen atoms in total. The van der Waals surface area contributed by atoms with Crippen LogP contribution in [0.4, 0.5) is 0 Å². The zero-order chi connectivity index (χ0) is 16.5. The molecule has 0 aromatic heterocycles. The van der Waals surface area contributed by atoms with Crippen molar-refractivity contribution in [2.45, 2.75) is 6.92 Å². The summed E-state index contributed by atoms with van der Waals surface area (Å²) in [7, 11) is 0. The van der Waals surface area contributed by atoms with Crippen molar-refractivity contribution in [2.24, 2.45) is 5.10 Å². The second-order valence-corrected chi connectivity index (χ2v) is 5.27. The second-order valence-electron chi connectivity index (χ2n) is 4.83. The van der Waals surface area contributed by atoms with Crippen molar-refractivity contribution < 1.29 is 4.79 Å². The lowest BCUT2D eigenvalue weighted by Gasteiger charge is -2.00. The lowest BCUT2D eigenvalue weighted by atomic mass is 10.2. The SMILES string of the molecule is CC(C=CC=Cc1ccccc1)=NNC(=O)c1ccc(Cl)cc1. The fraction of sp³-hybridized carbons (Fsp3) is 0.0526. The maximum absolute atomic E-state index is 11.9. The molecule has 2 aromatic carbocycles. The van der Waals surface area contributed by atoms with Gasteiger partial charge in [0.2, 0.25) is 0 Å². The summed E-state index contributed by atoms with van der Waals surface area (Å²) in [6.07, 6.45) is 7.62. The molecular weight excluding hydrogens is 308 g/mol. The first-order valence-corrected chi connectivity index (χ1v) is 7.53. The summed E-state index contributed by atoms with van der Waals surface area (Å²) in [5.41, 5.74) is 4.85. The van der Waals surface area contributed by atoms with E-state index in [0.717, 1.165) is 5.56 Å². The van der Waals surface area contributed by atoms with Crippen LogP contribution < -0.4 is 5.43 Å². The predicted molar refractivity (Wildman–Crippen MR) is 96.6 cm³/mol. The molecular formula is C19H17ClN2O. The van der Waals surface area contributed by atoms with Crippen LogP contribution in [0.25, 0.3) is 6.08 Å². The van der Waals surface area contributed by atoms with E-state index in [1.54, 1.807) is 24.3 Å². The number of amides is 1. The highest BCUT2D eigenvalue weighted by Gasteiger charge is 2.03. The molecule has 0 radical (unpaired) electrons. The van der Waals surface area contributed by atoms with Gasteiger partial charge in [0.15, 0.2) is 0 Å². The molecule has 23 heavy (non-hydrogen) atoms. The van der Waals surface area contributed by atoms with E-state index in [0.29, 0.717) is 16.3 Å². The summed E-state index contributed by atoms with van der Waals surface area (Å²) < 4.78 is 0. The molecule has 0 atom stereocenters. The van der Waals surface area contributed by atoms with E-state index in [-0.39, 0.29) is 5.91 Å². The highest BCUT2D eigenvalue weighted by atomic mass is 35.5.